The molecule has 0 heterocycles. The van der Waals surface area contributed by atoms with Crippen LogP contribution in [0.25, 0.3) is 0 Å². The maximum Gasteiger partial charge on any atom is 0.405 e. The molecule has 1 atom stereocenters. The molecule has 0 aliphatic heterocycles. The Balaban J connectivity index is 3.26. The van der Waals surface area contributed by atoms with Crippen LogP contribution in [0.15, 0.2) is 0 Å². The summed E-state index contributed by atoms with van der Waals surface area (Å²) in [5.41, 5.74) is 4.12. The molecule has 0 spiro atoms. The molecule has 0 aromatic heterocycles. The third-order valence-corrected chi connectivity index (χ3v) is 1.07. The fourth-order valence-corrected chi connectivity index (χ4v) is 0.718. The molecule has 0 fully saturated rings. The topological polar surface area (TPSA) is 52.3 Å². The Labute approximate surface area is 59.1 Å². The fraction of sp³-hybridized carbons (Fsp3) is 0.800. The first-order valence-corrected chi connectivity index (χ1v) is 3.20. The van der Waals surface area contributed by atoms with Crippen LogP contribution in [0.4, 0.5) is 4.79 Å². The molecule has 0 saturated carbocycles. The highest BCUT2D eigenvalue weighted by molar-refractivity contribution is 6.20. The molecule has 1 unspecified atom stereocenters. The molecule has 0 aliphatic rings. The van der Waals surface area contributed by atoms with Gasteiger partial charge < -0.3 is 10.5 Å². The van der Waals surface area contributed by atoms with Crippen molar-refractivity contribution in [3.63, 3.8) is 0 Å². The van der Waals surface area contributed by atoms with Crippen molar-refractivity contribution >= 4 is 17.7 Å². The summed E-state index contributed by atoms with van der Waals surface area (Å²) in [6, 6.07) is 0. The van der Waals surface area contributed by atoms with E-state index in [9.17, 15) is 4.79 Å². The van der Waals surface area contributed by atoms with Crippen LogP contribution in [0.1, 0.15) is 19.8 Å². The highest BCUT2D eigenvalue weighted by Gasteiger charge is 2.04. The predicted molar refractivity (Wildman–Crippen MR) is 35.2 cm³/mol. The second-order valence-electron chi connectivity index (χ2n) is 1.64. The summed E-state index contributed by atoms with van der Waals surface area (Å²) < 4.78 is 4.39. The Bertz CT molecular complexity index is 97.0. The summed E-state index contributed by atoms with van der Waals surface area (Å²) >= 11 is 5.45. The normalized spacial score (nSPS) is 12.7. The minimum absolute atomic E-state index is 0.563. The molecule has 1 amide bonds. The fourth-order valence-electron chi connectivity index (χ4n) is 0.412. The molecule has 54 valence electrons. The number of alkyl halides is 1. The minimum atomic E-state index is -0.816. The van der Waals surface area contributed by atoms with Gasteiger partial charge in [-0.1, -0.05) is 24.9 Å². The van der Waals surface area contributed by atoms with Gasteiger partial charge in [0.1, 0.15) is 0 Å². The van der Waals surface area contributed by atoms with Crippen molar-refractivity contribution in [1.82, 2.24) is 0 Å². The first kappa shape index (κ1) is 8.56. The largest absolute Gasteiger partial charge is 0.430 e. The van der Waals surface area contributed by atoms with E-state index in [0.29, 0.717) is 6.42 Å². The third kappa shape index (κ3) is 5.43. The molecule has 4 heteroatoms. The Morgan fingerprint density at radius 1 is 1.89 bits per heavy atom. The van der Waals surface area contributed by atoms with E-state index in [-0.39, 0.29) is 0 Å². The highest BCUT2D eigenvalue weighted by atomic mass is 35.5. The third-order valence-electron chi connectivity index (χ3n) is 0.760. The smallest absolute Gasteiger partial charge is 0.405 e. The maximum atomic E-state index is 10.0. The van der Waals surface area contributed by atoms with Gasteiger partial charge in [0.15, 0.2) is 5.56 Å². The van der Waals surface area contributed by atoms with Crippen LogP contribution in [-0.2, 0) is 4.74 Å². The van der Waals surface area contributed by atoms with E-state index in [1.54, 1.807) is 0 Å². The van der Waals surface area contributed by atoms with E-state index in [1.165, 1.54) is 0 Å². The van der Waals surface area contributed by atoms with Gasteiger partial charge in [-0.3, -0.25) is 0 Å². The van der Waals surface area contributed by atoms with Gasteiger partial charge in [-0.2, -0.15) is 0 Å². The van der Waals surface area contributed by atoms with Crippen molar-refractivity contribution < 1.29 is 9.53 Å². The summed E-state index contributed by atoms with van der Waals surface area (Å²) in [5.74, 6) is 0. The average molecular weight is 152 g/mol. The number of carbonyl (C=O) groups is 1. The first-order chi connectivity index (χ1) is 4.16. The molecule has 0 rings (SSSR count). The number of hydrogen-bond acceptors (Lipinski definition) is 2. The molecule has 0 saturated heterocycles. The van der Waals surface area contributed by atoms with Crippen molar-refractivity contribution in [3.05, 3.63) is 0 Å². The highest BCUT2D eigenvalue weighted by Crippen LogP contribution is 2.05. The van der Waals surface area contributed by atoms with E-state index in [4.69, 9.17) is 11.6 Å². The molecule has 9 heavy (non-hydrogen) atoms. The van der Waals surface area contributed by atoms with Crippen molar-refractivity contribution in [2.45, 2.75) is 25.3 Å². The molecule has 0 aromatic rings. The van der Waals surface area contributed by atoms with Crippen molar-refractivity contribution in [2.75, 3.05) is 0 Å². The van der Waals surface area contributed by atoms with Crippen LogP contribution in [0, 0.1) is 0 Å². The minimum Gasteiger partial charge on any atom is -0.430 e. The van der Waals surface area contributed by atoms with Gasteiger partial charge >= 0.3 is 6.09 Å². The molecule has 0 aliphatic carbocycles. The number of halogens is 1. The summed E-state index contributed by atoms with van der Waals surface area (Å²) in [5, 5.41) is 0. The molecular weight excluding hydrogens is 142 g/mol. The molecular formula is C5H10ClNO2. The lowest BCUT2D eigenvalue weighted by Crippen LogP contribution is -2.18. The van der Waals surface area contributed by atoms with E-state index in [2.05, 4.69) is 10.5 Å². The van der Waals surface area contributed by atoms with Gasteiger partial charge in [0.25, 0.3) is 0 Å². The number of amides is 1. The summed E-state index contributed by atoms with van der Waals surface area (Å²) in [6.07, 6.45) is 0.704. The van der Waals surface area contributed by atoms with Gasteiger partial charge in [0.2, 0.25) is 0 Å². The predicted octanol–water partition coefficient (Wildman–Crippen LogP) is 1.45. The SMILES string of the molecule is CCCC(Cl)OC(N)=O. The van der Waals surface area contributed by atoms with Gasteiger partial charge in [0, 0.05) is 0 Å². The number of hydrogen-bond donors (Lipinski definition) is 1. The van der Waals surface area contributed by atoms with Crippen LogP contribution in [0.2, 0.25) is 0 Å². The number of primary amides is 1. The lowest BCUT2D eigenvalue weighted by molar-refractivity contribution is 0.139. The summed E-state index contributed by atoms with van der Waals surface area (Å²) in [4.78, 5) is 10.0. The van der Waals surface area contributed by atoms with Gasteiger partial charge in [0.05, 0.1) is 0 Å². The number of rotatable bonds is 3. The zero-order valence-corrected chi connectivity index (χ0v) is 6.02. The molecule has 2 N–H and O–H groups in total. The number of ether oxygens (including phenoxy) is 1. The van der Waals surface area contributed by atoms with E-state index >= 15 is 0 Å². The van der Waals surface area contributed by atoms with Crippen LogP contribution in [0.3, 0.4) is 0 Å². The monoisotopic (exact) mass is 151 g/mol. The van der Waals surface area contributed by atoms with Crippen LogP contribution in [-0.4, -0.2) is 11.7 Å². The number of carbonyl (C=O) groups excluding carboxylic acids is 1. The van der Waals surface area contributed by atoms with E-state index in [1.807, 2.05) is 6.92 Å². The Kier molecular flexibility index (Phi) is 4.22. The first-order valence-electron chi connectivity index (χ1n) is 2.77. The van der Waals surface area contributed by atoms with Crippen LogP contribution < -0.4 is 5.73 Å². The van der Waals surface area contributed by atoms with Crippen molar-refractivity contribution in [1.29, 1.82) is 0 Å². The second kappa shape index (κ2) is 4.44. The Hall–Kier alpha value is -0.440. The zero-order valence-electron chi connectivity index (χ0n) is 5.26. The summed E-state index contributed by atoms with van der Waals surface area (Å²) in [6.45, 7) is 1.94. The lowest BCUT2D eigenvalue weighted by Gasteiger charge is -2.05. The number of nitrogens with two attached hydrogens (primary N) is 1. The quantitative estimate of drug-likeness (QED) is 0.621. The van der Waals surface area contributed by atoms with Crippen LogP contribution >= 0.6 is 11.6 Å². The zero-order chi connectivity index (χ0) is 7.28. The molecule has 0 radical (unpaired) electrons. The lowest BCUT2D eigenvalue weighted by atomic mass is 10.4. The Morgan fingerprint density at radius 2 is 2.44 bits per heavy atom. The van der Waals surface area contributed by atoms with Gasteiger partial charge in [-0.05, 0) is 6.42 Å². The van der Waals surface area contributed by atoms with Crippen molar-refractivity contribution in [3.8, 4) is 0 Å². The van der Waals surface area contributed by atoms with Crippen LogP contribution in [0.5, 0.6) is 0 Å². The summed E-state index contributed by atoms with van der Waals surface area (Å²) in [7, 11) is 0. The Morgan fingerprint density at radius 3 is 2.78 bits per heavy atom. The van der Waals surface area contributed by atoms with Gasteiger partial charge in [-0.25, -0.2) is 4.79 Å². The maximum absolute atomic E-state index is 10.0. The second-order valence-corrected chi connectivity index (χ2v) is 2.12. The standard InChI is InChI=1S/C5H10ClNO2/c1-2-3-4(6)9-5(7)8/h4H,2-3H2,1H3,(H2,7,8). The molecule has 0 bridgehead atoms. The molecule has 3 nitrogen and oxygen atoms in total. The van der Waals surface area contributed by atoms with Gasteiger partial charge in [-0.15, -0.1) is 0 Å². The van der Waals surface area contributed by atoms with E-state index < -0.39 is 11.7 Å². The molecule has 0 aromatic carbocycles. The van der Waals surface area contributed by atoms with E-state index in [0.717, 1.165) is 6.42 Å². The van der Waals surface area contributed by atoms with Crippen molar-refractivity contribution in [2.24, 2.45) is 5.73 Å². The average Bonchev–Trinajstić information content (AvgIpc) is 1.63.